The van der Waals surface area contributed by atoms with E-state index in [9.17, 15) is 13.2 Å². The zero-order valence-electron chi connectivity index (χ0n) is 17.0. The van der Waals surface area contributed by atoms with Crippen LogP contribution in [0.25, 0.3) is 17.2 Å². The second-order valence-electron chi connectivity index (χ2n) is 7.42. The molecule has 0 aliphatic carbocycles. The van der Waals surface area contributed by atoms with Crippen molar-refractivity contribution < 1.29 is 17.9 Å². The lowest BCUT2D eigenvalue weighted by Crippen LogP contribution is -2.33. The third-order valence-electron chi connectivity index (χ3n) is 5.05. The standard InChI is InChI=1S/C24H22N2O4S/c1-31(28,29)22-6-3-18(4-7-22)19-5-8-23-20(14-19)15-21(30-23)16-26-24(27)9-2-17-10-12-25-13-11-17/h2-14,21H,15-16H2,1H3,(H,26,27)/b9-2+/t21-/m1/s1. The smallest absolute Gasteiger partial charge is 0.244 e. The Balaban J connectivity index is 1.36. The van der Waals surface area contributed by atoms with Gasteiger partial charge in [0.25, 0.3) is 0 Å². The molecule has 0 saturated heterocycles. The summed E-state index contributed by atoms with van der Waals surface area (Å²) in [6, 6.07) is 16.4. The summed E-state index contributed by atoms with van der Waals surface area (Å²) >= 11 is 0. The highest BCUT2D eigenvalue weighted by molar-refractivity contribution is 7.90. The van der Waals surface area contributed by atoms with E-state index in [1.807, 2.05) is 24.3 Å². The summed E-state index contributed by atoms with van der Waals surface area (Å²) in [6.45, 7) is 0.409. The van der Waals surface area contributed by atoms with Crippen molar-refractivity contribution in [3.05, 3.63) is 84.2 Å². The quantitative estimate of drug-likeness (QED) is 0.602. The van der Waals surface area contributed by atoms with Gasteiger partial charge in [0, 0.05) is 31.1 Å². The van der Waals surface area contributed by atoms with Crippen LogP contribution in [0.1, 0.15) is 11.1 Å². The molecule has 31 heavy (non-hydrogen) atoms. The van der Waals surface area contributed by atoms with E-state index in [1.165, 1.54) is 12.3 Å². The topological polar surface area (TPSA) is 85.4 Å². The first-order chi connectivity index (χ1) is 14.9. The van der Waals surface area contributed by atoms with Gasteiger partial charge in [-0.2, -0.15) is 0 Å². The van der Waals surface area contributed by atoms with E-state index in [4.69, 9.17) is 4.74 Å². The van der Waals surface area contributed by atoms with E-state index in [1.54, 1.807) is 42.7 Å². The van der Waals surface area contributed by atoms with Crippen molar-refractivity contribution in [2.75, 3.05) is 12.8 Å². The van der Waals surface area contributed by atoms with Gasteiger partial charge in [0.1, 0.15) is 11.9 Å². The predicted molar refractivity (Wildman–Crippen MR) is 119 cm³/mol. The number of nitrogens with one attached hydrogen (secondary N) is 1. The molecule has 3 aromatic rings. The number of rotatable bonds is 6. The Morgan fingerprint density at radius 1 is 1.10 bits per heavy atom. The van der Waals surface area contributed by atoms with Crippen LogP contribution < -0.4 is 10.1 Å². The maximum Gasteiger partial charge on any atom is 0.244 e. The van der Waals surface area contributed by atoms with E-state index >= 15 is 0 Å². The minimum Gasteiger partial charge on any atom is -0.488 e. The number of benzene rings is 2. The molecular formula is C24H22N2O4S. The molecule has 2 heterocycles. The Morgan fingerprint density at radius 3 is 2.52 bits per heavy atom. The highest BCUT2D eigenvalue weighted by atomic mass is 32.2. The summed E-state index contributed by atoms with van der Waals surface area (Å²) in [5.74, 6) is 0.631. The SMILES string of the molecule is CS(=O)(=O)c1ccc(-c2ccc3c(c2)C[C@H](CNC(=O)/C=C/c2ccncc2)O3)cc1. The third kappa shape index (κ3) is 5.19. The van der Waals surface area contributed by atoms with E-state index in [0.29, 0.717) is 17.9 Å². The van der Waals surface area contributed by atoms with Crippen molar-refractivity contribution in [2.45, 2.75) is 17.4 Å². The molecule has 1 aliphatic heterocycles. The van der Waals surface area contributed by atoms with E-state index in [-0.39, 0.29) is 12.0 Å². The van der Waals surface area contributed by atoms with Crippen LogP contribution in [0.4, 0.5) is 0 Å². The molecule has 0 unspecified atom stereocenters. The Hall–Kier alpha value is -3.45. The van der Waals surface area contributed by atoms with E-state index < -0.39 is 9.84 Å². The van der Waals surface area contributed by atoms with Gasteiger partial charge in [0.15, 0.2) is 9.84 Å². The van der Waals surface area contributed by atoms with Gasteiger partial charge in [-0.25, -0.2) is 8.42 Å². The lowest BCUT2D eigenvalue weighted by Gasteiger charge is -2.10. The van der Waals surface area contributed by atoms with E-state index in [2.05, 4.69) is 16.4 Å². The zero-order valence-corrected chi connectivity index (χ0v) is 17.8. The summed E-state index contributed by atoms with van der Waals surface area (Å²) in [7, 11) is -3.21. The fourth-order valence-electron chi connectivity index (χ4n) is 3.43. The summed E-state index contributed by atoms with van der Waals surface area (Å²) in [6.07, 6.45) is 8.35. The zero-order chi connectivity index (χ0) is 21.8. The van der Waals surface area contributed by atoms with Crippen LogP contribution in [0.2, 0.25) is 0 Å². The second-order valence-corrected chi connectivity index (χ2v) is 9.44. The molecule has 0 bridgehead atoms. The van der Waals surface area contributed by atoms with Crippen LogP contribution in [0, 0.1) is 0 Å². The Bertz CT molecular complexity index is 1220. The minimum atomic E-state index is -3.21. The van der Waals surface area contributed by atoms with Crippen molar-refractivity contribution >= 4 is 21.8 Å². The molecule has 6 nitrogen and oxygen atoms in total. The number of ether oxygens (including phenoxy) is 1. The summed E-state index contributed by atoms with van der Waals surface area (Å²) in [5.41, 5.74) is 3.91. The molecule has 7 heteroatoms. The van der Waals surface area contributed by atoms with Crippen LogP contribution in [0.3, 0.4) is 0 Å². The summed E-state index contributed by atoms with van der Waals surface area (Å²) in [5, 5.41) is 2.87. The number of hydrogen-bond acceptors (Lipinski definition) is 5. The van der Waals surface area contributed by atoms with Gasteiger partial charge in [-0.1, -0.05) is 18.2 Å². The highest BCUT2D eigenvalue weighted by Gasteiger charge is 2.23. The number of hydrogen-bond donors (Lipinski definition) is 1. The Morgan fingerprint density at radius 2 is 1.81 bits per heavy atom. The van der Waals surface area contributed by atoms with Gasteiger partial charge in [0.05, 0.1) is 11.4 Å². The van der Waals surface area contributed by atoms with Crippen molar-refractivity contribution in [2.24, 2.45) is 0 Å². The normalized spacial score (nSPS) is 15.5. The van der Waals surface area contributed by atoms with Gasteiger partial charge in [0.2, 0.25) is 5.91 Å². The molecule has 2 aromatic carbocycles. The fraction of sp³-hybridized carbons (Fsp3) is 0.167. The molecule has 1 aliphatic rings. The van der Waals surface area contributed by atoms with Crippen molar-refractivity contribution in [1.82, 2.24) is 10.3 Å². The molecular weight excluding hydrogens is 412 g/mol. The number of sulfone groups is 1. The van der Waals surface area contributed by atoms with Gasteiger partial charge in [-0.15, -0.1) is 0 Å². The number of carbonyl (C=O) groups is 1. The number of aromatic nitrogens is 1. The molecule has 158 valence electrons. The first-order valence-corrected chi connectivity index (χ1v) is 11.7. The van der Waals surface area contributed by atoms with Crippen LogP contribution >= 0.6 is 0 Å². The Kier molecular flexibility index (Phi) is 5.86. The molecule has 1 amide bonds. The van der Waals surface area contributed by atoms with Crippen LogP contribution in [0.15, 0.2) is 78.0 Å². The van der Waals surface area contributed by atoms with Gasteiger partial charge < -0.3 is 10.1 Å². The van der Waals surface area contributed by atoms with E-state index in [0.717, 1.165) is 28.0 Å². The number of fused-ring (bicyclic) bond motifs is 1. The number of nitrogens with zero attached hydrogens (tertiary/aromatic N) is 1. The van der Waals surface area contributed by atoms with Gasteiger partial charge >= 0.3 is 0 Å². The molecule has 0 spiro atoms. The van der Waals surface area contributed by atoms with Crippen molar-refractivity contribution in [3.63, 3.8) is 0 Å². The molecule has 0 radical (unpaired) electrons. The molecule has 0 fully saturated rings. The fourth-order valence-corrected chi connectivity index (χ4v) is 4.06. The van der Waals surface area contributed by atoms with Crippen molar-refractivity contribution in [1.29, 1.82) is 0 Å². The average Bonchev–Trinajstić information content (AvgIpc) is 3.19. The first kappa shape index (κ1) is 20.8. The summed E-state index contributed by atoms with van der Waals surface area (Å²) < 4.78 is 29.2. The number of pyridine rings is 1. The highest BCUT2D eigenvalue weighted by Crippen LogP contribution is 2.33. The molecule has 0 saturated carbocycles. The first-order valence-electron chi connectivity index (χ1n) is 9.84. The minimum absolute atomic E-state index is 0.129. The third-order valence-corrected chi connectivity index (χ3v) is 6.18. The van der Waals surface area contributed by atoms with Crippen LogP contribution in [0.5, 0.6) is 5.75 Å². The van der Waals surface area contributed by atoms with Crippen LogP contribution in [-0.2, 0) is 21.1 Å². The largest absolute Gasteiger partial charge is 0.488 e. The number of carbonyl (C=O) groups excluding carboxylic acids is 1. The molecule has 4 rings (SSSR count). The van der Waals surface area contributed by atoms with Gasteiger partial charge in [-0.3, -0.25) is 9.78 Å². The predicted octanol–water partition coefficient (Wildman–Crippen LogP) is 3.29. The maximum absolute atomic E-state index is 12.1. The van der Waals surface area contributed by atoms with Crippen LogP contribution in [-0.4, -0.2) is 38.2 Å². The number of amides is 1. The molecule has 1 atom stereocenters. The van der Waals surface area contributed by atoms with Crippen molar-refractivity contribution in [3.8, 4) is 16.9 Å². The van der Waals surface area contributed by atoms with Gasteiger partial charge in [-0.05, 0) is 64.7 Å². The maximum atomic E-state index is 12.1. The monoisotopic (exact) mass is 434 g/mol. The average molecular weight is 435 g/mol. The second kappa shape index (κ2) is 8.73. The molecule has 1 N–H and O–H groups in total. The Labute approximate surface area is 181 Å². The summed E-state index contributed by atoms with van der Waals surface area (Å²) in [4.78, 5) is 16.3. The lowest BCUT2D eigenvalue weighted by atomic mass is 10.0. The lowest BCUT2D eigenvalue weighted by molar-refractivity contribution is -0.116. The molecule has 1 aromatic heterocycles.